The van der Waals surface area contributed by atoms with Gasteiger partial charge in [0.15, 0.2) is 6.61 Å². The van der Waals surface area contributed by atoms with Crippen LogP contribution in [0.3, 0.4) is 0 Å². The van der Waals surface area contributed by atoms with Crippen molar-refractivity contribution in [2.45, 2.75) is 6.04 Å². The van der Waals surface area contributed by atoms with Crippen LogP contribution in [0.25, 0.3) is 11.4 Å². The van der Waals surface area contributed by atoms with Gasteiger partial charge >= 0.3 is 5.97 Å². The third kappa shape index (κ3) is 5.45. The van der Waals surface area contributed by atoms with Crippen LogP contribution in [0, 0.1) is 0 Å². The lowest BCUT2D eigenvalue weighted by atomic mass is 10.1. The van der Waals surface area contributed by atoms with Gasteiger partial charge < -0.3 is 24.2 Å². The van der Waals surface area contributed by atoms with Crippen LogP contribution < -0.4 is 10.1 Å². The minimum Gasteiger partial charge on any atom is -0.484 e. The first-order valence-corrected chi connectivity index (χ1v) is 10.6. The number of hydrogen-bond acceptors (Lipinski definition) is 8. The molecule has 2 heterocycles. The fourth-order valence-corrected chi connectivity index (χ4v) is 3.43. The number of nitrogens with zero attached hydrogens (tertiary/aromatic N) is 3. The van der Waals surface area contributed by atoms with Gasteiger partial charge in [-0.2, -0.15) is 4.98 Å². The summed E-state index contributed by atoms with van der Waals surface area (Å²) in [5.41, 5.74) is 1.09. The summed E-state index contributed by atoms with van der Waals surface area (Å²) in [6.07, 6.45) is 1.51. The summed E-state index contributed by atoms with van der Waals surface area (Å²) in [5, 5.41) is 7.32. The van der Waals surface area contributed by atoms with Crippen LogP contribution in [-0.2, 0) is 9.53 Å². The van der Waals surface area contributed by atoms with E-state index in [1.807, 2.05) is 18.2 Å². The average molecular weight is 448 g/mol. The van der Waals surface area contributed by atoms with Gasteiger partial charge in [-0.3, -0.25) is 4.79 Å². The van der Waals surface area contributed by atoms with E-state index in [0.717, 1.165) is 0 Å². The van der Waals surface area contributed by atoms with E-state index < -0.39 is 12.0 Å². The van der Waals surface area contributed by atoms with Crippen molar-refractivity contribution in [1.82, 2.24) is 20.4 Å². The number of nitrogens with one attached hydrogen (secondary N) is 1. The van der Waals surface area contributed by atoms with E-state index in [9.17, 15) is 9.59 Å². The third-order valence-electron chi connectivity index (χ3n) is 5.11. The van der Waals surface area contributed by atoms with Crippen molar-refractivity contribution in [3.63, 3.8) is 0 Å². The number of carbonyl (C=O) groups is 2. The van der Waals surface area contributed by atoms with Crippen LogP contribution in [0.2, 0.25) is 0 Å². The van der Waals surface area contributed by atoms with Crippen molar-refractivity contribution >= 4 is 11.9 Å². The second kappa shape index (κ2) is 10.6. The Hall–Kier alpha value is -3.98. The van der Waals surface area contributed by atoms with Crippen LogP contribution >= 0.6 is 0 Å². The second-order valence-electron chi connectivity index (χ2n) is 7.33. The van der Waals surface area contributed by atoms with E-state index in [0.29, 0.717) is 48.2 Å². The summed E-state index contributed by atoms with van der Waals surface area (Å²) in [7, 11) is 0. The molecule has 1 atom stereocenters. The Balaban J connectivity index is 1.44. The molecule has 1 aliphatic heterocycles. The molecule has 9 nitrogen and oxygen atoms in total. The maximum atomic E-state index is 12.8. The van der Waals surface area contributed by atoms with Crippen LogP contribution in [0.1, 0.15) is 22.3 Å². The largest absolute Gasteiger partial charge is 0.484 e. The number of rotatable bonds is 8. The van der Waals surface area contributed by atoms with Crippen molar-refractivity contribution in [1.29, 1.82) is 0 Å². The molecule has 1 amide bonds. The quantitative estimate of drug-likeness (QED) is 0.414. The molecular formula is C24H24N4O5. The van der Waals surface area contributed by atoms with Crippen LogP contribution in [-0.4, -0.2) is 59.8 Å². The van der Waals surface area contributed by atoms with E-state index in [1.54, 1.807) is 41.3 Å². The Kier molecular flexibility index (Phi) is 7.11. The molecule has 0 bridgehead atoms. The highest BCUT2D eigenvalue weighted by atomic mass is 16.5. The lowest BCUT2D eigenvalue weighted by molar-refractivity contribution is -0.137. The lowest BCUT2D eigenvalue weighted by Gasteiger charge is -2.33. The average Bonchev–Trinajstić information content (AvgIpc) is 3.37. The SMILES string of the molecule is C=CCOC(=O)c1ccc(-c2noc(C3CNCCN3C(=O)COc3ccccc3)n2)cc1. The number of carbonyl (C=O) groups excluding carboxylic acids is 2. The molecular weight excluding hydrogens is 424 g/mol. The monoisotopic (exact) mass is 448 g/mol. The van der Waals surface area contributed by atoms with Gasteiger partial charge in [0.05, 0.1) is 5.56 Å². The first-order valence-electron chi connectivity index (χ1n) is 10.6. The van der Waals surface area contributed by atoms with Gasteiger partial charge in [0.25, 0.3) is 11.8 Å². The standard InChI is InChI=1S/C24H24N4O5/c1-2-14-31-24(30)18-10-8-17(9-11-18)22-26-23(33-27-22)20-15-25-12-13-28(20)21(29)16-32-19-6-4-3-5-7-19/h2-11,20,25H,1,12-16H2. The molecule has 1 aliphatic rings. The Morgan fingerprint density at radius 2 is 1.97 bits per heavy atom. The summed E-state index contributed by atoms with van der Waals surface area (Å²) < 4.78 is 16.1. The van der Waals surface area contributed by atoms with Crippen LogP contribution in [0.15, 0.2) is 71.8 Å². The fraction of sp³-hybridized carbons (Fsp3) is 0.250. The van der Waals surface area contributed by atoms with Gasteiger partial charge in [-0.1, -0.05) is 48.1 Å². The smallest absolute Gasteiger partial charge is 0.338 e. The third-order valence-corrected chi connectivity index (χ3v) is 5.11. The summed E-state index contributed by atoms with van der Waals surface area (Å²) in [5.74, 6) is 0.742. The number of hydrogen-bond donors (Lipinski definition) is 1. The number of amides is 1. The molecule has 0 saturated carbocycles. The van der Waals surface area contributed by atoms with Crippen LogP contribution in [0.5, 0.6) is 5.75 Å². The number of benzene rings is 2. The Labute approximate surface area is 191 Å². The van der Waals surface area contributed by atoms with E-state index in [2.05, 4.69) is 22.0 Å². The Morgan fingerprint density at radius 3 is 2.73 bits per heavy atom. The zero-order chi connectivity index (χ0) is 23.0. The normalized spacial score (nSPS) is 15.6. The molecule has 170 valence electrons. The Bertz CT molecular complexity index is 1100. The van der Waals surface area contributed by atoms with Gasteiger partial charge in [-0.25, -0.2) is 4.79 Å². The molecule has 1 aromatic heterocycles. The van der Waals surface area contributed by atoms with Crippen molar-refractivity contribution in [2.24, 2.45) is 0 Å². The van der Waals surface area contributed by atoms with Crippen molar-refractivity contribution < 1.29 is 23.6 Å². The summed E-state index contributed by atoms with van der Waals surface area (Å²) >= 11 is 0. The minimum absolute atomic E-state index is 0.0784. The lowest BCUT2D eigenvalue weighted by Crippen LogP contribution is -2.50. The molecule has 3 aromatic rings. The molecule has 0 radical (unpaired) electrons. The predicted octanol–water partition coefficient (Wildman–Crippen LogP) is 2.63. The maximum absolute atomic E-state index is 12.8. The topological polar surface area (TPSA) is 107 Å². The van der Waals surface area contributed by atoms with E-state index in [1.165, 1.54) is 6.08 Å². The van der Waals surface area contributed by atoms with Gasteiger partial charge in [0.2, 0.25) is 5.82 Å². The second-order valence-corrected chi connectivity index (χ2v) is 7.33. The van der Waals surface area contributed by atoms with Gasteiger partial charge in [0, 0.05) is 25.2 Å². The summed E-state index contributed by atoms with van der Waals surface area (Å²) in [4.78, 5) is 31.0. The van der Waals surface area contributed by atoms with Gasteiger partial charge in [0.1, 0.15) is 18.4 Å². The Morgan fingerprint density at radius 1 is 1.18 bits per heavy atom. The first-order chi connectivity index (χ1) is 16.2. The maximum Gasteiger partial charge on any atom is 0.338 e. The molecule has 33 heavy (non-hydrogen) atoms. The number of piperazine rings is 1. The number of aromatic nitrogens is 2. The molecule has 1 fully saturated rings. The van der Waals surface area contributed by atoms with Crippen molar-refractivity contribution in [3.05, 3.63) is 78.7 Å². The van der Waals surface area contributed by atoms with Gasteiger partial charge in [-0.15, -0.1) is 0 Å². The molecule has 1 N–H and O–H groups in total. The number of ether oxygens (including phenoxy) is 2. The summed E-state index contributed by atoms with van der Waals surface area (Å²) in [6, 6.07) is 15.5. The highest BCUT2D eigenvalue weighted by Gasteiger charge is 2.32. The molecule has 0 spiro atoms. The molecule has 9 heteroatoms. The molecule has 2 aromatic carbocycles. The first kappa shape index (κ1) is 22.2. The minimum atomic E-state index is -0.435. The molecule has 4 rings (SSSR count). The highest BCUT2D eigenvalue weighted by molar-refractivity contribution is 5.90. The molecule has 1 unspecified atom stereocenters. The zero-order valence-electron chi connectivity index (χ0n) is 18.0. The van der Waals surface area contributed by atoms with Gasteiger partial charge in [-0.05, 0) is 24.3 Å². The number of esters is 1. The van der Waals surface area contributed by atoms with E-state index >= 15 is 0 Å². The van der Waals surface area contributed by atoms with E-state index in [4.69, 9.17) is 14.0 Å². The molecule has 1 saturated heterocycles. The summed E-state index contributed by atoms with van der Waals surface area (Å²) in [6.45, 7) is 5.25. The number of para-hydroxylation sites is 1. The highest BCUT2D eigenvalue weighted by Crippen LogP contribution is 2.24. The zero-order valence-corrected chi connectivity index (χ0v) is 18.0. The van der Waals surface area contributed by atoms with Crippen LogP contribution in [0.4, 0.5) is 0 Å². The van der Waals surface area contributed by atoms with E-state index in [-0.39, 0.29) is 19.1 Å². The fourth-order valence-electron chi connectivity index (χ4n) is 3.43. The van der Waals surface area contributed by atoms with Crippen molar-refractivity contribution in [3.8, 4) is 17.1 Å². The van der Waals surface area contributed by atoms with Crippen molar-refractivity contribution in [2.75, 3.05) is 32.8 Å². The predicted molar refractivity (Wildman–Crippen MR) is 119 cm³/mol. The molecule has 0 aliphatic carbocycles.